The highest BCUT2D eigenvalue weighted by atomic mass is 127. The number of nitrogens with one attached hydrogen (secondary N) is 2. The smallest absolute Gasteiger partial charge is 0.191 e. The van der Waals surface area contributed by atoms with Gasteiger partial charge in [0.15, 0.2) is 5.96 Å². The number of hydrogen-bond donors (Lipinski definition) is 2. The van der Waals surface area contributed by atoms with Crippen LogP contribution < -0.4 is 10.6 Å². The van der Waals surface area contributed by atoms with Gasteiger partial charge in [-0.2, -0.15) is 0 Å². The summed E-state index contributed by atoms with van der Waals surface area (Å²) in [5.74, 6) is 1.97. The Hall–Kier alpha value is -0.760. The van der Waals surface area contributed by atoms with Crippen LogP contribution >= 0.6 is 24.0 Å². The molecule has 0 aromatic carbocycles. The molecule has 0 radical (unpaired) electrons. The highest BCUT2D eigenvalue weighted by molar-refractivity contribution is 14.0. The van der Waals surface area contributed by atoms with E-state index in [0.717, 1.165) is 37.7 Å². The van der Waals surface area contributed by atoms with Crippen LogP contribution in [0.5, 0.6) is 0 Å². The fourth-order valence-corrected chi connectivity index (χ4v) is 3.01. The molecule has 0 amide bonds. The van der Waals surface area contributed by atoms with Crippen molar-refractivity contribution >= 4 is 29.9 Å². The van der Waals surface area contributed by atoms with E-state index in [4.69, 9.17) is 9.41 Å². The van der Waals surface area contributed by atoms with Crippen LogP contribution in [0.2, 0.25) is 0 Å². The molecule has 2 rings (SSSR count). The zero-order valence-electron chi connectivity index (χ0n) is 16.0. The highest BCUT2D eigenvalue weighted by Gasteiger charge is 2.21. The molecule has 0 bridgehead atoms. The van der Waals surface area contributed by atoms with Gasteiger partial charge in [0, 0.05) is 44.7 Å². The minimum Gasteiger partial charge on any atom is -0.469 e. The van der Waals surface area contributed by atoms with Crippen molar-refractivity contribution in [2.45, 2.75) is 65.0 Å². The predicted molar refractivity (Wildman–Crippen MR) is 116 cm³/mol. The van der Waals surface area contributed by atoms with Gasteiger partial charge in [0.25, 0.3) is 0 Å². The van der Waals surface area contributed by atoms with Crippen molar-refractivity contribution in [3.63, 3.8) is 0 Å². The Morgan fingerprint density at radius 3 is 2.72 bits per heavy atom. The van der Waals surface area contributed by atoms with Crippen molar-refractivity contribution in [2.75, 3.05) is 26.2 Å². The Morgan fingerprint density at radius 2 is 2.12 bits per heavy atom. The molecule has 0 unspecified atom stereocenters. The summed E-state index contributed by atoms with van der Waals surface area (Å²) in [5.41, 5.74) is 0. The van der Waals surface area contributed by atoms with Crippen LogP contribution in [-0.4, -0.2) is 49.1 Å². The topological polar surface area (TPSA) is 52.8 Å². The monoisotopic (exact) mass is 462 g/mol. The van der Waals surface area contributed by atoms with E-state index in [0.29, 0.717) is 12.1 Å². The van der Waals surface area contributed by atoms with Gasteiger partial charge in [-0.3, -0.25) is 4.99 Å². The van der Waals surface area contributed by atoms with Crippen LogP contribution in [0.25, 0.3) is 0 Å². The SMILES string of the molecule is CCCCN=C(NCCc1ccco1)NC1CCN(C(C)C)CC1.I. The molecule has 1 aromatic rings. The van der Waals surface area contributed by atoms with Crippen LogP contribution in [0.1, 0.15) is 52.2 Å². The number of likely N-dealkylation sites (tertiary alicyclic amines) is 1. The molecule has 0 spiro atoms. The second-order valence-corrected chi connectivity index (χ2v) is 6.89. The predicted octanol–water partition coefficient (Wildman–Crippen LogP) is 3.65. The maximum atomic E-state index is 5.39. The lowest BCUT2D eigenvalue weighted by molar-refractivity contribution is 0.167. The summed E-state index contributed by atoms with van der Waals surface area (Å²) in [6.45, 7) is 10.8. The van der Waals surface area contributed by atoms with E-state index in [1.54, 1.807) is 6.26 Å². The van der Waals surface area contributed by atoms with Crippen molar-refractivity contribution in [1.29, 1.82) is 0 Å². The van der Waals surface area contributed by atoms with Crippen molar-refractivity contribution < 1.29 is 4.42 Å². The third kappa shape index (κ3) is 8.44. The van der Waals surface area contributed by atoms with Gasteiger partial charge < -0.3 is 20.0 Å². The standard InChI is InChI=1S/C19H34N4O.HI/c1-4-5-11-20-19(21-12-8-18-7-6-15-24-18)22-17-9-13-23(14-10-17)16(2)3;/h6-7,15-17H,4-5,8-14H2,1-3H3,(H2,20,21,22);1H. The fraction of sp³-hybridized carbons (Fsp3) is 0.737. The third-order valence-electron chi connectivity index (χ3n) is 4.63. The Balaban J connectivity index is 0.00000312. The Kier molecular flexibility index (Phi) is 11.2. The van der Waals surface area contributed by atoms with Crippen molar-refractivity contribution in [3.05, 3.63) is 24.2 Å². The molecular formula is C19H35IN4O. The van der Waals surface area contributed by atoms with E-state index in [1.165, 1.54) is 32.4 Å². The molecule has 6 heteroatoms. The summed E-state index contributed by atoms with van der Waals surface area (Å²) in [5, 5.41) is 7.10. The summed E-state index contributed by atoms with van der Waals surface area (Å²) in [6, 6.07) is 5.13. The lowest BCUT2D eigenvalue weighted by Crippen LogP contribution is -2.50. The summed E-state index contributed by atoms with van der Waals surface area (Å²) in [4.78, 5) is 7.28. The second-order valence-electron chi connectivity index (χ2n) is 6.89. The molecule has 1 fully saturated rings. The van der Waals surface area contributed by atoms with Gasteiger partial charge in [0.1, 0.15) is 5.76 Å². The van der Waals surface area contributed by atoms with Crippen LogP contribution in [0, 0.1) is 0 Å². The summed E-state index contributed by atoms with van der Waals surface area (Å²) in [6.07, 6.45) is 7.29. The molecule has 0 atom stereocenters. The number of unbranched alkanes of at least 4 members (excludes halogenated alkanes) is 1. The first-order valence-corrected chi connectivity index (χ1v) is 9.50. The second kappa shape index (κ2) is 12.6. The molecule has 1 aliphatic rings. The van der Waals surface area contributed by atoms with Crippen LogP contribution in [0.3, 0.4) is 0 Å². The van der Waals surface area contributed by atoms with E-state index in [2.05, 4.69) is 36.3 Å². The average Bonchev–Trinajstić information content (AvgIpc) is 3.09. The largest absolute Gasteiger partial charge is 0.469 e. The molecule has 0 aliphatic carbocycles. The van der Waals surface area contributed by atoms with Crippen molar-refractivity contribution in [1.82, 2.24) is 15.5 Å². The highest BCUT2D eigenvalue weighted by Crippen LogP contribution is 2.12. The maximum Gasteiger partial charge on any atom is 0.191 e. The lowest BCUT2D eigenvalue weighted by Gasteiger charge is -2.35. The minimum atomic E-state index is 0. The van der Waals surface area contributed by atoms with E-state index in [9.17, 15) is 0 Å². The van der Waals surface area contributed by atoms with Gasteiger partial charge in [-0.15, -0.1) is 24.0 Å². The molecule has 5 nitrogen and oxygen atoms in total. The molecule has 2 N–H and O–H groups in total. The van der Waals surface area contributed by atoms with Crippen molar-refractivity contribution in [3.8, 4) is 0 Å². The van der Waals surface area contributed by atoms with E-state index < -0.39 is 0 Å². The van der Waals surface area contributed by atoms with Gasteiger partial charge in [-0.1, -0.05) is 13.3 Å². The minimum absolute atomic E-state index is 0. The summed E-state index contributed by atoms with van der Waals surface area (Å²) < 4.78 is 5.39. The Bertz CT molecular complexity index is 468. The van der Waals surface area contributed by atoms with Gasteiger partial charge in [0.05, 0.1) is 6.26 Å². The number of rotatable bonds is 8. The van der Waals surface area contributed by atoms with Crippen LogP contribution in [0.4, 0.5) is 0 Å². The lowest BCUT2D eigenvalue weighted by atomic mass is 10.0. The number of aliphatic imine (C=N–C) groups is 1. The Morgan fingerprint density at radius 1 is 1.36 bits per heavy atom. The molecule has 1 saturated heterocycles. The van der Waals surface area contributed by atoms with Gasteiger partial charge in [-0.05, 0) is 45.2 Å². The first-order valence-electron chi connectivity index (χ1n) is 9.50. The quantitative estimate of drug-likeness (QED) is 0.268. The van der Waals surface area contributed by atoms with Crippen LogP contribution in [-0.2, 0) is 6.42 Å². The van der Waals surface area contributed by atoms with Crippen LogP contribution in [0.15, 0.2) is 27.8 Å². The van der Waals surface area contributed by atoms with Gasteiger partial charge >= 0.3 is 0 Å². The van der Waals surface area contributed by atoms with Gasteiger partial charge in [0.2, 0.25) is 0 Å². The number of halogens is 1. The van der Waals surface area contributed by atoms with E-state index in [1.807, 2.05) is 12.1 Å². The zero-order chi connectivity index (χ0) is 17.2. The molecule has 144 valence electrons. The summed E-state index contributed by atoms with van der Waals surface area (Å²) in [7, 11) is 0. The number of furan rings is 1. The number of piperidine rings is 1. The van der Waals surface area contributed by atoms with Crippen molar-refractivity contribution in [2.24, 2.45) is 4.99 Å². The first kappa shape index (κ1) is 22.3. The van der Waals surface area contributed by atoms with E-state index >= 15 is 0 Å². The van der Waals surface area contributed by atoms with Gasteiger partial charge in [-0.25, -0.2) is 0 Å². The molecule has 1 aliphatic heterocycles. The maximum absolute atomic E-state index is 5.39. The Labute approximate surface area is 170 Å². The third-order valence-corrected chi connectivity index (χ3v) is 4.63. The summed E-state index contributed by atoms with van der Waals surface area (Å²) >= 11 is 0. The number of hydrogen-bond acceptors (Lipinski definition) is 3. The fourth-order valence-electron chi connectivity index (χ4n) is 3.01. The number of guanidine groups is 1. The number of nitrogens with zero attached hydrogens (tertiary/aromatic N) is 2. The average molecular weight is 462 g/mol. The first-order chi connectivity index (χ1) is 11.7. The molecular weight excluding hydrogens is 427 g/mol. The van der Waals surface area contributed by atoms with E-state index in [-0.39, 0.29) is 24.0 Å². The normalized spacial score (nSPS) is 16.7. The molecule has 1 aromatic heterocycles. The molecule has 0 saturated carbocycles. The molecule has 25 heavy (non-hydrogen) atoms. The molecule has 2 heterocycles. The zero-order valence-corrected chi connectivity index (χ0v) is 18.3.